The monoisotopic (exact) mass is 502 g/mol. The highest BCUT2D eigenvalue weighted by Crippen LogP contribution is 2.15. The summed E-state index contributed by atoms with van der Waals surface area (Å²) in [6, 6.07) is 0. The van der Waals surface area contributed by atoms with Gasteiger partial charge in [0.25, 0.3) is 0 Å². The molecule has 0 aromatic heterocycles. The first-order chi connectivity index (χ1) is 17.8. The summed E-state index contributed by atoms with van der Waals surface area (Å²) in [4.78, 5) is 12.0. The lowest BCUT2D eigenvalue weighted by Gasteiger charge is -2.12. The topological polar surface area (TPSA) is 26.3 Å². The van der Waals surface area contributed by atoms with Gasteiger partial charge in [0.05, 0.1) is 6.61 Å². The average Bonchev–Trinajstić information content (AvgIpc) is 2.88. The molecule has 1 rings (SSSR count). The lowest BCUT2D eigenvalue weighted by Crippen LogP contribution is -2.11. The number of carbonyl (C=O) groups excluding carboxylic acids is 1. The van der Waals surface area contributed by atoms with Crippen LogP contribution in [0.5, 0.6) is 0 Å². The molecule has 0 aliphatic carbocycles. The third-order valence-corrected chi connectivity index (χ3v) is 7.67. The van der Waals surface area contributed by atoms with Crippen molar-refractivity contribution >= 4 is 5.97 Å². The zero-order chi connectivity index (χ0) is 25.8. The van der Waals surface area contributed by atoms with Crippen molar-refractivity contribution in [3.05, 3.63) is 24.3 Å². The minimum absolute atomic E-state index is 0.0122. The van der Waals surface area contributed by atoms with Crippen LogP contribution in [0.2, 0.25) is 0 Å². The number of esters is 1. The van der Waals surface area contributed by atoms with Crippen molar-refractivity contribution in [1.82, 2.24) is 0 Å². The molecule has 36 heavy (non-hydrogen) atoms. The average molecular weight is 503 g/mol. The van der Waals surface area contributed by atoms with E-state index in [1.807, 2.05) is 0 Å². The molecule has 2 nitrogen and oxygen atoms in total. The minimum atomic E-state index is 0.0122. The minimum Gasteiger partial charge on any atom is -0.465 e. The molecule has 1 unspecified atom stereocenters. The summed E-state index contributed by atoms with van der Waals surface area (Å²) < 4.78 is 5.52. The van der Waals surface area contributed by atoms with Crippen molar-refractivity contribution in [2.75, 3.05) is 6.61 Å². The van der Waals surface area contributed by atoms with Crippen molar-refractivity contribution in [1.29, 1.82) is 0 Å². The second kappa shape index (κ2) is 27.0. The molecule has 0 spiro atoms. The van der Waals surface area contributed by atoms with Gasteiger partial charge in [0, 0.05) is 6.42 Å². The number of cyclic esters (lactones) is 1. The molecule has 1 aliphatic heterocycles. The molecule has 0 saturated heterocycles. The van der Waals surface area contributed by atoms with Crippen molar-refractivity contribution in [2.24, 2.45) is 5.92 Å². The Balaban J connectivity index is 2.17. The molecule has 1 aliphatic rings. The molecule has 2 heteroatoms. The van der Waals surface area contributed by atoms with Crippen LogP contribution in [0.3, 0.4) is 0 Å². The summed E-state index contributed by atoms with van der Waals surface area (Å²) in [5.41, 5.74) is 0. The number of hydrogen-bond donors (Lipinski definition) is 0. The molecule has 1 atom stereocenters. The third-order valence-electron chi connectivity index (χ3n) is 7.67. The van der Waals surface area contributed by atoms with E-state index >= 15 is 0 Å². The second-order valence-electron chi connectivity index (χ2n) is 11.5. The fourth-order valence-electron chi connectivity index (χ4n) is 5.15. The fourth-order valence-corrected chi connectivity index (χ4v) is 5.15. The molecule has 0 N–H and O–H groups in total. The van der Waals surface area contributed by atoms with Gasteiger partial charge >= 0.3 is 5.97 Å². The van der Waals surface area contributed by atoms with Gasteiger partial charge in [0.1, 0.15) is 0 Å². The van der Waals surface area contributed by atoms with E-state index in [4.69, 9.17) is 4.74 Å². The fraction of sp³-hybridized carbons (Fsp3) is 0.853. The number of carbonyl (C=O) groups is 1. The Labute approximate surface area is 226 Å². The highest BCUT2D eigenvalue weighted by Gasteiger charge is 2.07. The quantitative estimate of drug-likeness (QED) is 0.243. The Morgan fingerprint density at radius 2 is 0.833 bits per heavy atom. The summed E-state index contributed by atoms with van der Waals surface area (Å²) in [5.74, 6) is 0.501. The Morgan fingerprint density at radius 1 is 0.500 bits per heavy atom. The highest BCUT2D eigenvalue weighted by molar-refractivity contribution is 5.69. The van der Waals surface area contributed by atoms with Crippen LogP contribution >= 0.6 is 0 Å². The standard InChI is InChI=1S/C34H62O2/c1-33-30-28-26-24-22-20-18-16-14-12-10-8-6-4-2-3-5-7-9-11-13-15-17-19-21-23-25-27-29-31-34(35)36-32-33/h7,9,18,20,33H,2-6,8,10-17,19,21-32H2,1H3/b9-7-,20-18-. The first-order valence-corrected chi connectivity index (χ1v) is 16.2. The Hall–Kier alpha value is -1.05. The van der Waals surface area contributed by atoms with Crippen LogP contribution in [-0.4, -0.2) is 12.6 Å². The van der Waals surface area contributed by atoms with Crippen LogP contribution in [0.4, 0.5) is 0 Å². The van der Waals surface area contributed by atoms with Crippen LogP contribution < -0.4 is 0 Å². The third kappa shape index (κ3) is 24.6. The van der Waals surface area contributed by atoms with Crippen LogP contribution in [0, 0.1) is 5.92 Å². The second-order valence-corrected chi connectivity index (χ2v) is 11.5. The smallest absolute Gasteiger partial charge is 0.305 e. The molecule has 0 bridgehead atoms. The van der Waals surface area contributed by atoms with Crippen LogP contribution in [0.25, 0.3) is 0 Å². The summed E-state index contributed by atoms with van der Waals surface area (Å²) in [6.07, 6.45) is 43.1. The normalized spacial score (nSPS) is 26.1. The van der Waals surface area contributed by atoms with E-state index < -0.39 is 0 Å². The lowest BCUT2D eigenvalue weighted by molar-refractivity contribution is -0.145. The number of rotatable bonds is 0. The molecule has 0 aromatic carbocycles. The Kier molecular flexibility index (Phi) is 24.7. The van der Waals surface area contributed by atoms with Gasteiger partial charge in [-0.1, -0.05) is 128 Å². The Morgan fingerprint density at radius 3 is 1.25 bits per heavy atom. The van der Waals surface area contributed by atoms with E-state index in [-0.39, 0.29) is 5.97 Å². The zero-order valence-electron chi connectivity index (χ0n) is 24.3. The largest absolute Gasteiger partial charge is 0.465 e. The first kappa shape index (κ1) is 33.0. The van der Waals surface area contributed by atoms with E-state index in [1.54, 1.807) is 0 Å². The molecule has 210 valence electrons. The Bertz CT molecular complexity index is 521. The molecule has 0 saturated carbocycles. The van der Waals surface area contributed by atoms with Gasteiger partial charge in [-0.25, -0.2) is 0 Å². The van der Waals surface area contributed by atoms with E-state index in [2.05, 4.69) is 31.2 Å². The predicted molar refractivity (Wildman–Crippen MR) is 158 cm³/mol. The molecular formula is C34H62O2. The van der Waals surface area contributed by atoms with Gasteiger partial charge in [0.2, 0.25) is 0 Å². The van der Waals surface area contributed by atoms with Gasteiger partial charge in [0.15, 0.2) is 0 Å². The molecule has 0 aromatic rings. The number of allylic oxidation sites excluding steroid dienone is 4. The van der Waals surface area contributed by atoms with E-state index in [0.29, 0.717) is 18.9 Å². The lowest BCUT2D eigenvalue weighted by atomic mass is 10.0. The number of ether oxygens (including phenoxy) is 1. The van der Waals surface area contributed by atoms with Crippen molar-refractivity contribution < 1.29 is 9.53 Å². The molecule has 0 fully saturated rings. The van der Waals surface area contributed by atoms with Crippen LogP contribution in [0.1, 0.15) is 174 Å². The summed E-state index contributed by atoms with van der Waals surface area (Å²) in [5, 5.41) is 0. The van der Waals surface area contributed by atoms with E-state index in [9.17, 15) is 4.79 Å². The molecule has 0 amide bonds. The molecular weight excluding hydrogens is 440 g/mol. The van der Waals surface area contributed by atoms with Crippen LogP contribution in [0.15, 0.2) is 24.3 Å². The van der Waals surface area contributed by atoms with Crippen LogP contribution in [-0.2, 0) is 9.53 Å². The summed E-state index contributed by atoms with van der Waals surface area (Å²) in [6.45, 7) is 2.83. The molecule has 0 radical (unpaired) electrons. The zero-order valence-corrected chi connectivity index (χ0v) is 24.3. The van der Waals surface area contributed by atoms with Gasteiger partial charge in [-0.2, -0.15) is 0 Å². The van der Waals surface area contributed by atoms with Gasteiger partial charge in [-0.05, 0) is 70.1 Å². The maximum absolute atomic E-state index is 12.0. The first-order valence-electron chi connectivity index (χ1n) is 16.2. The van der Waals surface area contributed by atoms with Gasteiger partial charge in [-0.3, -0.25) is 4.79 Å². The van der Waals surface area contributed by atoms with Gasteiger partial charge in [-0.15, -0.1) is 0 Å². The van der Waals surface area contributed by atoms with Gasteiger partial charge < -0.3 is 4.74 Å². The van der Waals surface area contributed by atoms with Crippen molar-refractivity contribution in [3.63, 3.8) is 0 Å². The van der Waals surface area contributed by atoms with E-state index in [1.165, 1.54) is 154 Å². The predicted octanol–water partition coefficient (Wildman–Crippen LogP) is 11.4. The SMILES string of the molecule is CC1CCCCC/C=C\CCCCCCCCCC/C=C\CCCCCCCCCCCC(=O)OC1. The summed E-state index contributed by atoms with van der Waals surface area (Å²) >= 11 is 0. The number of hydrogen-bond acceptors (Lipinski definition) is 2. The van der Waals surface area contributed by atoms with Crippen molar-refractivity contribution in [3.8, 4) is 0 Å². The molecule has 1 heterocycles. The van der Waals surface area contributed by atoms with E-state index in [0.717, 1.165) is 6.42 Å². The maximum Gasteiger partial charge on any atom is 0.305 e. The summed E-state index contributed by atoms with van der Waals surface area (Å²) in [7, 11) is 0. The highest BCUT2D eigenvalue weighted by atomic mass is 16.5. The van der Waals surface area contributed by atoms with Crippen molar-refractivity contribution in [2.45, 2.75) is 174 Å². The maximum atomic E-state index is 12.0.